The van der Waals surface area contributed by atoms with Crippen molar-refractivity contribution in [3.63, 3.8) is 0 Å². The molecule has 1 saturated carbocycles. The van der Waals surface area contributed by atoms with Crippen LogP contribution in [0.1, 0.15) is 29.9 Å². The molecule has 2 unspecified atom stereocenters. The first kappa shape index (κ1) is 16.6. The molecule has 4 N–H and O–H groups in total. The number of hydrogen-bond acceptors (Lipinski definition) is 4. The summed E-state index contributed by atoms with van der Waals surface area (Å²) in [5.74, 6) is -2.33. The van der Waals surface area contributed by atoms with Crippen molar-refractivity contribution in [1.82, 2.24) is 0 Å². The van der Waals surface area contributed by atoms with Crippen molar-refractivity contribution in [2.45, 2.75) is 24.3 Å². The Balaban J connectivity index is 1.75. The third kappa shape index (κ3) is 2.54. The molecular formula is C20H19NO5. The van der Waals surface area contributed by atoms with Gasteiger partial charge in [0.05, 0.1) is 5.92 Å². The lowest BCUT2D eigenvalue weighted by molar-refractivity contribution is -0.145. The topological polar surface area (TPSA) is 110 Å². The van der Waals surface area contributed by atoms with Crippen LogP contribution < -0.4 is 10.5 Å². The van der Waals surface area contributed by atoms with E-state index in [0.29, 0.717) is 17.9 Å². The Morgan fingerprint density at radius 2 is 1.58 bits per heavy atom. The second-order valence-corrected chi connectivity index (χ2v) is 7.07. The van der Waals surface area contributed by atoms with Gasteiger partial charge in [0.1, 0.15) is 17.0 Å². The smallest absolute Gasteiger partial charge is 0.324 e. The number of nitrogens with two attached hydrogens (primary N) is 1. The maximum Gasteiger partial charge on any atom is 0.324 e. The summed E-state index contributed by atoms with van der Waals surface area (Å²) in [7, 11) is 0. The van der Waals surface area contributed by atoms with Gasteiger partial charge in [-0.25, -0.2) is 0 Å². The lowest BCUT2D eigenvalue weighted by atomic mass is 9.76. The number of benzene rings is 2. The van der Waals surface area contributed by atoms with E-state index in [1.165, 1.54) is 0 Å². The fourth-order valence-corrected chi connectivity index (χ4v) is 4.00. The predicted molar refractivity (Wildman–Crippen MR) is 93.2 cm³/mol. The molecule has 0 bridgehead atoms. The van der Waals surface area contributed by atoms with Crippen molar-refractivity contribution < 1.29 is 24.5 Å². The summed E-state index contributed by atoms with van der Waals surface area (Å²) in [5, 5.41) is 19.0. The van der Waals surface area contributed by atoms with Gasteiger partial charge in [0.15, 0.2) is 0 Å². The van der Waals surface area contributed by atoms with Gasteiger partial charge in [-0.1, -0.05) is 36.4 Å². The molecule has 1 aliphatic heterocycles. The maximum atomic E-state index is 12.0. The van der Waals surface area contributed by atoms with E-state index in [4.69, 9.17) is 10.5 Å². The molecule has 134 valence electrons. The third-order valence-corrected chi connectivity index (χ3v) is 5.52. The number of ether oxygens (including phenoxy) is 1. The molecule has 0 amide bonds. The van der Waals surface area contributed by atoms with Crippen molar-refractivity contribution >= 4 is 11.9 Å². The highest BCUT2D eigenvalue weighted by molar-refractivity contribution is 5.83. The highest BCUT2D eigenvalue weighted by Gasteiger charge is 2.59. The average Bonchev–Trinajstić information content (AvgIpc) is 3.43. The number of carbonyl (C=O) groups is 2. The van der Waals surface area contributed by atoms with Gasteiger partial charge in [0, 0.05) is 23.0 Å². The van der Waals surface area contributed by atoms with Crippen LogP contribution in [0, 0.1) is 11.8 Å². The lowest BCUT2D eigenvalue weighted by Crippen LogP contribution is -2.52. The Hall–Kier alpha value is -2.86. The quantitative estimate of drug-likeness (QED) is 0.762. The minimum atomic E-state index is -1.61. The molecule has 1 heterocycles. The molecule has 6 heteroatoms. The Bertz CT molecular complexity index is 850. The van der Waals surface area contributed by atoms with Gasteiger partial charge < -0.3 is 20.7 Å². The molecule has 4 rings (SSSR count). The number of hydrogen-bond donors (Lipinski definition) is 3. The predicted octanol–water partition coefficient (Wildman–Crippen LogP) is 2.82. The SMILES string of the molecule is NC(CC1c2ccccc2Oc2ccccc21)(C(=O)O)[C@H]1CC1C(=O)O. The fraction of sp³-hybridized carbons (Fsp3) is 0.300. The summed E-state index contributed by atoms with van der Waals surface area (Å²) < 4.78 is 5.94. The zero-order valence-corrected chi connectivity index (χ0v) is 14.0. The number of fused-ring (bicyclic) bond motifs is 2. The molecule has 0 saturated heterocycles. The van der Waals surface area contributed by atoms with E-state index in [1.54, 1.807) is 0 Å². The van der Waals surface area contributed by atoms with E-state index >= 15 is 0 Å². The highest BCUT2D eigenvalue weighted by Crippen LogP contribution is 2.53. The Kier molecular flexibility index (Phi) is 3.73. The summed E-state index contributed by atoms with van der Waals surface area (Å²) in [4.78, 5) is 23.3. The molecule has 0 radical (unpaired) electrons. The first-order valence-corrected chi connectivity index (χ1v) is 8.52. The minimum absolute atomic E-state index is 0.119. The van der Waals surface area contributed by atoms with Crippen LogP contribution in [0.4, 0.5) is 0 Å². The van der Waals surface area contributed by atoms with Crippen molar-refractivity contribution in [1.29, 1.82) is 0 Å². The van der Waals surface area contributed by atoms with Gasteiger partial charge in [-0.05, 0) is 25.0 Å². The largest absolute Gasteiger partial charge is 0.481 e. The third-order valence-electron chi connectivity index (χ3n) is 5.52. The zero-order valence-electron chi connectivity index (χ0n) is 14.0. The molecule has 1 fully saturated rings. The van der Waals surface area contributed by atoms with Crippen LogP contribution in [0.25, 0.3) is 0 Å². The molecule has 2 aromatic carbocycles. The van der Waals surface area contributed by atoms with E-state index in [0.717, 1.165) is 11.1 Å². The second-order valence-electron chi connectivity index (χ2n) is 7.07. The van der Waals surface area contributed by atoms with Crippen LogP contribution in [0.3, 0.4) is 0 Å². The van der Waals surface area contributed by atoms with Gasteiger partial charge in [-0.3, -0.25) is 9.59 Å². The molecule has 0 spiro atoms. The van der Waals surface area contributed by atoms with Gasteiger partial charge in [0.25, 0.3) is 0 Å². The van der Waals surface area contributed by atoms with E-state index in [-0.39, 0.29) is 12.3 Å². The van der Waals surface area contributed by atoms with Crippen molar-refractivity contribution in [3.8, 4) is 11.5 Å². The van der Waals surface area contributed by atoms with Crippen LogP contribution in [0.5, 0.6) is 11.5 Å². The van der Waals surface area contributed by atoms with Crippen LogP contribution >= 0.6 is 0 Å². The molecular weight excluding hydrogens is 334 g/mol. The molecule has 3 atom stereocenters. The maximum absolute atomic E-state index is 12.0. The summed E-state index contributed by atoms with van der Waals surface area (Å²) in [6.45, 7) is 0. The van der Waals surface area contributed by atoms with Crippen LogP contribution in [0.15, 0.2) is 48.5 Å². The number of carboxylic acid groups (broad SMARTS) is 2. The molecule has 26 heavy (non-hydrogen) atoms. The Morgan fingerprint density at radius 1 is 1.04 bits per heavy atom. The van der Waals surface area contributed by atoms with E-state index in [1.807, 2.05) is 48.5 Å². The minimum Gasteiger partial charge on any atom is -0.481 e. The summed E-state index contributed by atoms with van der Waals surface area (Å²) in [5.41, 5.74) is 6.45. The van der Waals surface area contributed by atoms with E-state index in [2.05, 4.69) is 0 Å². The molecule has 6 nitrogen and oxygen atoms in total. The van der Waals surface area contributed by atoms with Crippen LogP contribution in [-0.4, -0.2) is 27.7 Å². The first-order valence-electron chi connectivity index (χ1n) is 8.52. The average molecular weight is 353 g/mol. The summed E-state index contributed by atoms with van der Waals surface area (Å²) in [6, 6.07) is 15.0. The van der Waals surface area contributed by atoms with Crippen molar-refractivity contribution in [2.24, 2.45) is 17.6 Å². The van der Waals surface area contributed by atoms with Gasteiger partial charge in [-0.15, -0.1) is 0 Å². The second kappa shape index (κ2) is 5.85. The molecule has 1 aliphatic carbocycles. The Labute approximate surface area is 150 Å². The number of para-hydroxylation sites is 2. The molecule has 2 aromatic rings. The van der Waals surface area contributed by atoms with Crippen LogP contribution in [0.2, 0.25) is 0 Å². The van der Waals surface area contributed by atoms with Gasteiger partial charge in [0.2, 0.25) is 0 Å². The normalized spacial score (nSPS) is 23.1. The molecule has 0 aromatic heterocycles. The number of aliphatic carboxylic acids is 2. The van der Waals surface area contributed by atoms with E-state index < -0.39 is 29.3 Å². The standard InChI is InChI=1S/C20H19NO5/c21-20(19(24)25,15-9-13(15)18(22)23)10-14-11-5-1-3-7-16(11)26-17-8-4-2-6-12(14)17/h1-8,13-15H,9-10,21H2,(H,22,23)(H,24,25)/t13?,15-,20?/m0/s1. The Morgan fingerprint density at radius 3 is 2.04 bits per heavy atom. The van der Waals surface area contributed by atoms with Gasteiger partial charge >= 0.3 is 11.9 Å². The fourth-order valence-electron chi connectivity index (χ4n) is 4.00. The van der Waals surface area contributed by atoms with Gasteiger partial charge in [-0.2, -0.15) is 0 Å². The van der Waals surface area contributed by atoms with Crippen LogP contribution in [-0.2, 0) is 9.59 Å². The van der Waals surface area contributed by atoms with Crippen molar-refractivity contribution in [2.75, 3.05) is 0 Å². The summed E-state index contributed by atoms with van der Waals surface area (Å²) in [6.07, 6.45) is 0.415. The number of carboxylic acids is 2. The van der Waals surface area contributed by atoms with Crippen molar-refractivity contribution in [3.05, 3.63) is 59.7 Å². The highest BCUT2D eigenvalue weighted by atomic mass is 16.5. The zero-order chi connectivity index (χ0) is 18.5. The monoisotopic (exact) mass is 353 g/mol. The lowest BCUT2D eigenvalue weighted by Gasteiger charge is -2.34. The molecule has 2 aliphatic rings. The van der Waals surface area contributed by atoms with E-state index in [9.17, 15) is 19.8 Å². The number of rotatable bonds is 5. The first-order chi connectivity index (χ1) is 12.4. The summed E-state index contributed by atoms with van der Waals surface area (Å²) >= 11 is 0.